The van der Waals surface area contributed by atoms with Gasteiger partial charge in [0.25, 0.3) is 0 Å². The van der Waals surface area contributed by atoms with Crippen molar-refractivity contribution in [3.05, 3.63) is 34.9 Å². The van der Waals surface area contributed by atoms with Gasteiger partial charge in [-0.3, -0.25) is 19.1 Å². The largest absolute Gasteiger partial charge is 0.376 e. The number of carbonyl (C=O) groups excluding carboxylic acids is 1. The Bertz CT molecular complexity index is 834. The molecular formula is C21H32N6O2. The number of hydrogen-bond acceptors (Lipinski definition) is 5. The summed E-state index contributed by atoms with van der Waals surface area (Å²) < 4.78 is 9.65. The molecule has 1 N–H and O–H groups in total. The van der Waals surface area contributed by atoms with Crippen molar-refractivity contribution in [3.63, 3.8) is 0 Å². The summed E-state index contributed by atoms with van der Waals surface area (Å²) in [5.74, 6) is 0.115. The minimum Gasteiger partial charge on any atom is -0.376 e. The van der Waals surface area contributed by atoms with Crippen molar-refractivity contribution in [2.24, 2.45) is 0 Å². The van der Waals surface area contributed by atoms with E-state index < -0.39 is 0 Å². The van der Waals surface area contributed by atoms with Gasteiger partial charge in [-0.25, -0.2) is 0 Å². The summed E-state index contributed by atoms with van der Waals surface area (Å²) in [5.41, 5.74) is 4.93. The molecular weight excluding hydrogens is 368 g/mol. The molecule has 0 aliphatic carbocycles. The van der Waals surface area contributed by atoms with E-state index in [-0.39, 0.29) is 11.9 Å². The van der Waals surface area contributed by atoms with Crippen LogP contribution in [0.3, 0.4) is 0 Å². The lowest BCUT2D eigenvalue weighted by molar-refractivity contribution is -0.122. The fourth-order valence-corrected chi connectivity index (χ4v) is 4.32. The van der Waals surface area contributed by atoms with Gasteiger partial charge in [-0.1, -0.05) is 0 Å². The number of likely N-dealkylation sites (tertiary alicyclic amines) is 1. The number of ether oxygens (including phenoxy) is 1. The second-order valence-corrected chi connectivity index (χ2v) is 8.14. The fourth-order valence-electron chi connectivity index (χ4n) is 4.32. The number of rotatable bonds is 7. The maximum absolute atomic E-state index is 12.3. The van der Waals surface area contributed by atoms with Gasteiger partial charge in [0.05, 0.1) is 25.1 Å². The van der Waals surface area contributed by atoms with E-state index in [0.717, 1.165) is 57.6 Å². The molecule has 0 saturated carbocycles. The molecule has 8 nitrogen and oxygen atoms in total. The average molecular weight is 401 g/mol. The second-order valence-electron chi connectivity index (χ2n) is 8.14. The highest BCUT2D eigenvalue weighted by Crippen LogP contribution is 2.23. The number of aryl methyl sites for hydroxylation is 3. The molecule has 1 fully saturated rings. The molecule has 2 aromatic heterocycles. The van der Waals surface area contributed by atoms with Gasteiger partial charge in [-0.15, -0.1) is 0 Å². The summed E-state index contributed by atoms with van der Waals surface area (Å²) in [5, 5.41) is 12.3. The second kappa shape index (κ2) is 9.09. The molecule has 0 bridgehead atoms. The molecule has 0 atom stereocenters. The van der Waals surface area contributed by atoms with Crippen LogP contribution in [0.5, 0.6) is 0 Å². The molecule has 2 aromatic rings. The number of aromatic nitrogens is 4. The number of nitrogens with one attached hydrogen (secondary N) is 1. The van der Waals surface area contributed by atoms with Crippen LogP contribution >= 0.6 is 0 Å². The lowest BCUT2D eigenvalue weighted by Gasteiger charge is -2.32. The van der Waals surface area contributed by atoms with Crippen LogP contribution in [0, 0.1) is 6.92 Å². The van der Waals surface area contributed by atoms with Crippen molar-refractivity contribution in [1.29, 1.82) is 0 Å². The minimum absolute atomic E-state index is 0.115. The zero-order valence-electron chi connectivity index (χ0n) is 17.6. The molecule has 2 aliphatic rings. The van der Waals surface area contributed by atoms with E-state index in [0.29, 0.717) is 19.6 Å². The number of amides is 1. The standard InChI is InChI=1S/C21H32N6O2/c1-3-27-20-7-11-29-15-18(20)19(24-27)14-25-8-4-17(5-9-25)23-21(28)6-10-26-13-16(2)12-22-26/h12-13,17H,3-11,14-15H2,1-2H3,(H,23,28). The van der Waals surface area contributed by atoms with Gasteiger partial charge in [0, 0.05) is 69.1 Å². The van der Waals surface area contributed by atoms with Crippen LogP contribution in [-0.2, 0) is 42.2 Å². The topological polar surface area (TPSA) is 77.2 Å². The summed E-state index contributed by atoms with van der Waals surface area (Å²) in [6, 6.07) is 0.267. The van der Waals surface area contributed by atoms with Crippen molar-refractivity contribution in [1.82, 2.24) is 29.8 Å². The monoisotopic (exact) mass is 400 g/mol. The summed E-state index contributed by atoms with van der Waals surface area (Å²) in [4.78, 5) is 14.7. The number of piperidine rings is 1. The van der Waals surface area contributed by atoms with Gasteiger partial charge in [-0.05, 0) is 32.3 Å². The smallest absolute Gasteiger partial charge is 0.222 e. The number of nitrogens with zero attached hydrogens (tertiary/aromatic N) is 5. The van der Waals surface area contributed by atoms with E-state index in [1.807, 2.05) is 24.0 Å². The molecule has 8 heteroatoms. The number of carbonyl (C=O) groups is 1. The van der Waals surface area contributed by atoms with E-state index in [1.165, 1.54) is 17.0 Å². The highest BCUT2D eigenvalue weighted by atomic mass is 16.5. The first-order valence-electron chi connectivity index (χ1n) is 10.8. The van der Waals surface area contributed by atoms with E-state index in [1.54, 1.807) is 0 Å². The Labute approximate surface area is 172 Å². The van der Waals surface area contributed by atoms with Gasteiger partial charge >= 0.3 is 0 Å². The Balaban J connectivity index is 1.23. The molecule has 4 heterocycles. The molecule has 1 saturated heterocycles. The first-order chi connectivity index (χ1) is 14.1. The average Bonchev–Trinajstić information content (AvgIpc) is 3.31. The third-order valence-corrected chi connectivity index (χ3v) is 5.94. The predicted molar refractivity (Wildman–Crippen MR) is 109 cm³/mol. The molecule has 1 amide bonds. The van der Waals surface area contributed by atoms with Gasteiger partial charge < -0.3 is 10.1 Å². The van der Waals surface area contributed by atoms with Crippen molar-refractivity contribution >= 4 is 5.91 Å². The fraction of sp³-hybridized carbons (Fsp3) is 0.667. The lowest BCUT2D eigenvalue weighted by atomic mass is 10.0. The predicted octanol–water partition coefficient (Wildman–Crippen LogP) is 1.65. The molecule has 158 valence electrons. The molecule has 29 heavy (non-hydrogen) atoms. The Kier molecular flexibility index (Phi) is 6.30. The third-order valence-electron chi connectivity index (χ3n) is 5.94. The lowest BCUT2D eigenvalue weighted by Crippen LogP contribution is -2.44. The van der Waals surface area contributed by atoms with Gasteiger partial charge in [0.2, 0.25) is 5.91 Å². The van der Waals surface area contributed by atoms with Crippen molar-refractivity contribution < 1.29 is 9.53 Å². The summed E-state index contributed by atoms with van der Waals surface area (Å²) in [7, 11) is 0. The van der Waals surface area contributed by atoms with E-state index in [4.69, 9.17) is 9.84 Å². The van der Waals surface area contributed by atoms with Gasteiger partial charge in [0.15, 0.2) is 0 Å². The van der Waals surface area contributed by atoms with Crippen LogP contribution in [0.4, 0.5) is 0 Å². The van der Waals surface area contributed by atoms with Crippen LogP contribution in [0.25, 0.3) is 0 Å². The molecule has 0 unspecified atom stereocenters. The van der Waals surface area contributed by atoms with Gasteiger partial charge in [-0.2, -0.15) is 10.2 Å². The molecule has 4 rings (SSSR count). The van der Waals surface area contributed by atoms with Crippen molar-refractivity contribution in [2.45, 2.75) is 71.8 Å². The first-order valence-corrected chi connectivity index (χ1v) is 10.8. The zero-order valence-corrected chi connectivity index (χ0v) is 17.6. The quantitative estimate of drug-likeness (QED) is 0.765. The van der Waals surface area contributed by atoms with E-state index >= 15 is 0 Å². The first kappa shape index (κ1) is 20.1. The molecule has 0 radical (unpaired) electrons. The maximum Gasteiger partial charge on any atom is 0.222 e. The number of fused-ring (bicyclic) bond motifs is 1. The Morgan fingerprint density at radius 1 is 1.34 bits per heavy atom. The molecule has 0 aromatic carbocycles. The Hall–Kier alpha value is -2.19. The highest BCUT2D eigenvalue weighted by Gasteiger charge is 2.25. The third kappa shape index (κ3) is 4.87. The molecule has 2 aliphatic heterocycles. The molecule has 0 spiro atoms. The Morgan fingerprint density at radius 3 is 2.90 bits per heavy atom. The normalized spacial score (nSPS) is 18.0. The maximum atomic E-state index is 12.3. The Morgan fingerprint density at radius 2 is 2.17 bits per heavy atom. The zero-order chi connectivity index (χ0) is 20.2. The van der Waals surface area contributed by atoms with Crippen LogP contribution in [-0.4, -0.2) is 56.1 Å². The van der Waals surface area contributed by atoms with Crippen molar-refractivity contribution in [2.75, 3.05) is 19.7 Å². The minimum atomic E-state index is 0.115. The van der Waals surface area contributed by atoms with Crippen molar-refractivity contribution in [3.8, 4) is 0 Å². The van der Waals surface area contributed by atoms with E-state index in [2.05, 4.69) is 26.9 Å². The van der Waals surface area contributed by atoms with E-state index in [9.17, 15) is 4.79 Å². The van der Waals surface area contributed by atoms with Crippen LogP contribution in [0.1, 0.15) is 48.7 Å². The highest BCUT2D eigenvalue weighted by molar-refractivity contribution is 5.76. The van der Waals surface area contributed by atoms with Crippen LogP contribution in [0.2, 0.25) is 0 Å². The summed E-state index contributed by atoms with van der Waals surface area (Å²) in [6.45, 7) is 10.0. The van der Waals surface area contributed by atoms with Crippen LogP contribution < -0.4 is 5.32 Å². The van der Waals surface area contributed by atoms with Gasteiger partial charge in [0.1, 0.15) is 0 Å². The summed E-state index contributed by atoms with van der Waals surface area (Å²) >= 11 is 0. The van der Waals surface area contributed by atoms with Crippen LogP contribution in [0.15, 0.2) is 12.4 Å². The SMILES string of the molecule is CCn1nc(CN2CCC(NC(=O)CCn3cc(C)cn3)CC2)c2c1CCOC2. The number of hydrogen-bond donors (Lipinski definition) is 1. The summed E-state index contributed by atoms with van der Waals surface area (Å²) in [6.07, 6.45) is 7.19.